The Morgan fingerprint density at radius 1 is 1.39 bits per heavy atom. The Morgan fingerprint density at radius 3 is 2.61 bits per heavy atom. The molecule has 0 atom stereocenters. The normalized spacial score (nSPS) is 18.3. The lowest BCUT2D eigenvalue weighted by atomic mass is 9.75. The predicted octanol–water partition coefficient (Wildman–Crippen LogP) is 2.96. The van der Waals surface area contributed by atoms with Gasteiger partial charge in [0.05, 0.1) is 11.5 Å². The van der Waals surface area contributed by atoms with Crippen LogP contribution < -0.4 is 5.32 Å². The summed E-state index contributed by atoms with van der Waals surface area (Å²) >= 11 is 0. The highest BCUT2D eigenvalue weighted by molar-refractivity contribution is 5.30. The highest BCUT2D eigenvalue weighted by atomic mass is 19.1. The highest BCUT2D eigenvalue weighted by Crippen LogP contribution is 2.34. The number of halogens is 2. The van der Waals surface area contributed by atoms with E-state index in [4.69, 9.17) is 0 Å². The molecular weight excluding hydrogens is 234 g/mol. The number of rotatable bonds is 2. The van der Waals surface area contributed by atoms with E-state index >= 15 is 0 Å². The predicted molar refractivity (Wildman–Crippen MR) is 67.1 cm³/mol. The monoisotopic (exact) mass is 252 g/mol. The van der Waals surface area contributed by atoms with Crippen molar-refractivity contribution in [1.82, 2.24) is 5.32 Å². The first-order chi connectivity index (χ1) is 8.56. The summed E-state index contributed by atoms with van der Waals surface area (Å²) in [7, 11) is 0. The number of nitrogens with zero attached hydrogens (tertiary/aromatic N) is 1. The maximum Gasteiger partial charge on any atom is 0.129 e. The van der Waals surface area contributed by atoms with Crippen LogP contribution in [0.5, 0.6) is 0 Å². The molecule has 18 heavy (non-hydrogen) atoms. The number of hydrogen-bond donors (Lipinski definition) is 1. The molecule has 1 aliphatic rings. The van der Waals surface area contributed by atoms with E-state index < -0.39 is 17.0 Å². The molecule has 2 rings (SSSR count). The van der Waals surface area contributed by atoms with Gasteiger partial charge in [-0.2, -0.15) is 5.26 Å². The zero-order chi connectivity index (χ0) is 13.2. The summed E-state index contributed by atoms with van der Waals surface area (Å²) in [6, 6.07) is 4.56. The van der Waals surface area contributed by atoms with Crippen LogP contribution in [0.1, 0.15) is 25.4 Å². The molecular formula is C14H18F2N2. The number of nitriles is 1. The summed E-state index contributed by atoms with van der Waals surface area (Å²) in [4.78, 5) is 0. The molecule has 98 valence electrons. The van der Waals surface area contributed by atoms with Gasteiger partial charge in [0, 0.05) is 7.49 Å². The molecule has 0 amide bonds. The zero-order valence-electron chi connectivity index (χ0n) is 10.4. The molecule has 4 heteroatoms. The van der Waals surface area contributed by atoms with Gasteiger partial charge in [-0.3, -0.25) is 0 Å². The topological polar surface area (TPSA) is 35.8 Å². The average molecular weight is 252 g/mol. The molecule has 1 heterocycles. The number of nitrogens with one attached hydrogen (secondary N) is 1. The third kappa shape index (κ3) is 2.51. The maximum atomic E-state index is 13.8. The van der Waals surface area contributed by atoms with Crippen molar-refractivity contribution >= 4 is 0 Å². The summed E-state index contributed by atoms with van der Waals surface area (Å²) in [5.41, 5.74) is 0.537. The van der Waals surface area contributed by atoms with Crippen molar-refractivity contribution in [3.8, 4) is 6.07 Å². The van der Waals surface area contributed by atoms with E-state index in [1.54, 1.807) is 6.92 Å². The van der Waals surface area contributed by atoms with Gasteiger partial charge in [-0.1, -0.05) is 0 Å². The van der Waals surface area contributed by atoms with Gasteiger partial charge in [0.25, 0.3) is 0 Å². The van der Waals surface area contributed by atoms with E-state index in [0.717, 1.165) is 19.2 Å². The van der Waals surface area contributed by atoms with E-state index in [1.807, 2.05) is 0 Å². The summed E-state index contributed by atoms with van der Waals surface area (Å²) in [6.07, 6.45) is 1.78. The third-order valence-corrected chi connectivity index (χ3v) is 3.70. The van der Waals surface area contributed by atoms with E-state index in [1.165, 1.54) is 6.07 Å². The molecule has 1 N–H and O–H groups in total. The smallest absolute Gasteiger partial charge is 0.129 e. The Hall–Kier alpha value is -1.47. The van der Waals surface area contributed by atoms with Gasteiger partial charge in [-0.05, 0) is 56.5 Å². The van der Waals surface area contributed by atoms with E-state index in [-0.39, 0.29) is 1.43 Å². The molecule has 0 bridgehead atoms. The van der Waals surface area contributed by atoms with E-state index in [9.17, 15) is 14.0 Å². The van der Waals surface area contributed by atoms with Gasteiger partial charge in [0.1, 0.15) is 11.6 Å². The van der Waals surface area contributed by atoms with Crippen molar-refractivity contribution < 1.29 is 10.2 Å². The first kappa shape index (κ1) is 13.0. The average Bonchev–Trinajstić information content (AvgIpc) is 2.35. The SMILES string of the molecule is Cc1cc(F)cc(F)c1CC1(C#N)CCNCC1.[HH]. The Kier molecular flexibility index (Phi) is 3.63. The lowest BCUT2D eigenvalue weighted by Crippen LogP contribution is -2.37. The molecule has 1 saturated heterocycles. The van der Waals surface area contributed by atoms with Gasteiger partial charge in [-0.25, -0.2) is 8.78 Å². The Bertz CT molecular complexity index is 468. The fourth-order valence-electron chi connectivity index (χ4n) is 2.53. The Balaban J connectivity index is 0.00000180. The van der Waals surface area contributed by atoms with Crippen LogP contribution in [0.2, 0.25) is 0 Å². The standard InChI is InChI=1S/C14H16F2N2.H2/c1-10-6-11(15)7-13(16)12(10)8-14(9-17)2-4-18-5-3-14;/h6-7,18H,2-5,8H2,1H3;1H. The number of hydrogen-bond acceptors (Lipinski definition) is 2. The minimum Gasteiger partial charge on any atom is -0.317 e. The largest absolute Gasteiger partial charge is 0.317 e. The Labute approximate surface area is 107 Å². The van der Waals surface area contributed by atoms with Gasteiger partial charge < -0.3 is 5.32 Å². The molecule has 0 aliphatic carbocycles. The lowest BCUT2D eigenvalue weighted by molar-refractivity contribution is 0.277. The highest BCUT2D eigenvalue weighted by Gasteiger charge is 2.33. The molecule has 0 saturated carbocycles. The van der Waals surface area contributed by atoms with Crippen molar-refractivity contribution in [2.45, 2.75) is 26.2 Å². The van der Waals surface area contributed by atoms with Crippen molar-refractivity contribution in [1.29, 1.82) is 5.26 Å². The molecule has 2 nitrogen and oxygen atoms in total. The second-order valence-electron chi connectivity index (χ2n) is 5.00. The first-order valence-electron chi connectivity index (χ1n) is 6.13. The quantitative estimate of drug-likeness (QED) is 0.878. The summed E-state index contributed by atoms with van der Waals surface area (Å²) in [6.45, 7) is 3.23. The molecule has 0 spiro atoms. The molecule has 1 aliphatic heterocycles. The van der Waals surface area contributed by atoms with Crippen molar-refractivity contribution in [2.24, 2.45) is 5.41 Å². The Morgan fingerprint density at radius 2 is 2.06 bits per heavy atom. The fraction of sp³-hybridized carbons (Fsp3) is 0.500. The number of piperidine rings is 1. The first-order valence-corrected chi connectivity index (χ1v) is 6.13. The summed E-state index contributed by atoms with van der Waals surface area (Å²) in [5, 5.41) is 12.6. The van der Waals surface area contributed by atoms with Gasteiger partial charge >= 0.3 is 0 Å². The third-order valence-electron chi connectivity index (χ3n) is 3.70. The molecule has 0 radical (unpaired) electrons. The molecule has 1 aromatic carbocycles. The molecule has 0 unspecified atom stereocenters. The van der Waals surface area contributed by atoms with Crippen molar-refractivity contribution in [3.63, 3.8) is 0 Å². The fourth-order valence-corrected chi connectivity index (χ4v) is 2.53. The molecule has 1 aromatic rings. The minimum absolute atomic E-state index is 0. The van der Waals surface area contributed by atoms with Crippen LogP contribution in [0, 0.1) is 35.3 Å². The van der Waals surface area contributed by atoms with Crippen LogP contribution in [0.25, 0.3) is 0 Å². The lowest BCUT2D eigenvalue weighted by Gasteiger charge is -2.31. The summed E-state index contributed by atoms with van der Waals surface area (Å²) in [5.74, 6) is -1.11. The molecule has 1 fully saturated rings. The van der Waals surface area contributed by atoms with Crippen LogP contribution in [-0.4, -0.2) is 13.1 Å². The van der Waals surface area contributed by atoms with Crippen LogP contribution in [-0.2, 0) is 6.42 Å². The zero-order valence-corrected chi connectivity index (χ0v) is 10.4. The van der Waals surface area contributed by atoms with Gasteiger partial charge in [0.15, 0.2) is 0 Å². The van der Waals surface area contributed by atoms with E-state index in [2.05, 4.69) is 11.4 Å². The van der Waals surface area contributed by atoms with Crippen LogP contribution in [0.3, 0.4) is 0 Å². The summed E-state index contributed by atoms with van der Waals surface area (Å²) < 4.78 is 26.9. The van der Waals surface area contributed by atoms with E-state index in [0.29, 0.717) is 30.4 Å². The van der Waals surface area contributed by atoms with Crippen molar-refractivity contribution in [3.05, 3.63) is 34.9 Å². The second kappa shape index (κ2) is 5.03. The second-order valence-corrected chi connectivity index (χ2v) is 5.00. The van der Waals surface area contributed by atoms with Gasteiger partial charge in [0.2, 0.25) is 0 Å². The van der Waals surface area contributed by atoms with Crippen molar-refractivity contribution in [2.75, 3.05) is 13.1 Å². The van der Waals surface area contributed by atoms with Crippen LogP contribution >= 0.6 is 0 Å². The maximum absolute atomic E-state index is 13.8. The van der Waals surface area contributed by atoms with Crippen LogP contribution in [0.15, 0.2) is 12.1 Å². The number of benzene rings is 1. The minimum atomic E-state index is -0.565. The van der Waals surface area contributed by atoms with Gasteiger partial charge in [-0.15, -0.1) is 0 Å². The van der Waals surface area contributed by atoms with Crippen LogP contribution in [0.4, 0.5) is 8.78 Å². The molecule has 0 aromatic heterocycles. The number of aryl methyl sites for hydroxylation is 1.